The van der Waals surface area contributed by atoms with Gasteiger partial charge in [-0.05, 0) is 102 Å². The average molecular weight is 655 g/mol. The van der Waals surface area contributed by atoms with Crippen molar-refractivity contribution in [2.45, 2.75) is 78.2 Å². The first-order valence-electron chi connectivity index (χ1n) is 18.5. The van der Waals surface area contributed by atoms with Crippen LogP contribution in [-0.4, -0.2) is 85.7 Å². The first kappa shape index (κ1) is 37.8. The molecule has 2 aliphatic carbocycles. The van der Waals surface area contributed by atoms with Gasteiger partial charge in [-0.3, -0.25) is 5.01 Å². The Morgan fingerprint density at radius 2 is 1.81 bits per heavy atom. The highest BCUT2D eigenvalue weighted by Gasteiger charge is 2.27. The van der Waals surface area contributed by atoms with Gasteiger partial charge in [0, 0.05) is 39.6 Å². The molecule has 0 aromatic carbocycles. The fourth-order valence-electron chi connectivity index (χ4n) is 7.76. The molecule has 48 heavy (non-hydrogen) atoms. The molecule has 0 saturated carbocycles. The third-order valence-corrected chi connectivity index (χ3v) is 10.7. The Kier molecular flexibility index (Phi) is 14.2. The summed E-state index contributed by atoms with van der Waals surface area (Å²) < 4.78 is 0. The number of nitrogens with zero attached hydrogens (tertiary/aromatic N) is 5. The van der Waals surface area contributed by atoms with Crippen LogP contribution in [0.25, 0.3) is 0 Å². The highest BCUT2D eigenvalue weighted by atomic mass is 15.8. The van der Waals surface area contributed by atoms with E-state index in [0.29, 0.717) is 29.7 Å². The second-order valence-corrected chi connectivity index (χ2v) is 15.3. The Labute approximate surface area is 294 Å². The van der Waals surface area contributed by atoms with Gasteiger partial charge >= 0.3 is 0 Å². The van der Waals surface area contributed by atoms with Crippen molar-refractivity contribution in [1.82, 2.24) is 30.3 Å². The molecule has 0 aromatic rings. The van der Waals surface area contributed by atoms with E-state index < -0.39 is 0 Å². The number of allylic oxidation sites excluding steroid dienone is 8. The molecule has 5 atom stereocenters. The molecule has 6 nitrogen and oxygen atoms in total. The lowest BCUT2D eigenvalue weighted by Crippen LogP contribution is -2.41. The summed E-state index contributed by atoms with van der Waals surface area (Å²) >= 11 is 0. The monoisotopic (exact) mass is 655 g/mol. The predicted octanol–water partition coefficient (Wildman–Crippen LogP) is 8.45. The summed E-state index contributed by atoms with van der Waals surface area (Å²) in [6, 6.07) is 0.318. The first-order valence-corrected chi connectivity index (χ1v) is 18.5. The number of rotatable bonds is 9. The van der Waals surface area contributed by atoms with Crippen molar-refractivity contribution >= 4 is 0 Å². The van der Waals surface area contributed by atoms with Crippen LogP contribution in [0.1, 0.15) is 72.1 Å². The Balaban J connectivity index is 1.37. The predicted molar refractivity (Wildman–Crippen MR) is 206 cm³/mol. The molecule has 0 saturated heterocycles. The number of likely N-dealkylation sites (N-methyl/N-ethyl adjacent to an activating group) is 2. The molecule has 1 N–H and O–H groups in total. The molecule has 1 unspecified atom stereocenters. The van der Waals surface area contributed by atoms with E-state index in [1.54, 1.807) is 0 Å². The molecule has 0 aromatic heterocycles. The molecule has 6 heteroatoms. The topological polar surface area (TPSA) is 28.2 Å². The zero-order valence-electron chi connectivity index (χ0n) is 31.6. The maximum Gasteiger partial charge on any atom is 0.0754 e. The molecule has 0 bridgehead atoms. The van der Waals surface area contributed by atoms with Gasteiger partial charge in [-0.1, -0.05) is 106 Å². The minimum Gasteiger partial charge on any atom is -0.368 e. The SMILES string of the molecule is C=C1CCCC[C@@H](CCN(C)CC2=CN(C3=CN(C)C4C=CC=CC4=C3)N(C)N2)C[C@@H](C)C(=C)/C=C/C(C)=C/[C@H](CN(C)C)[C@@H](CC)C1. The van der Waals surface area contributed by atoms with Gasteiger partial charge in [-0.2, -0.15) is 0 Å². The zero-order chi connectivity index (χ0) is 34.8. The molecule has 0 fully saturated rings. The van der Waals surface area contributed by atoms with Crippen LogP contribution in [0.2, 0.25) is 0 Å². The molecule has 2 aliphatic heterocycles. The third-order valence-electron chi connectivity index (χ3n) is 10.7. The number of fused-ring (bicyclic) bond motifs is 1. The van der Waals surface area contributed by atoms with E-state index in [4.69, 9.17) is 0 Å². The van der Waals surface area contributed by atoms with Gasteiger partial charge in [0.25, 0.3) is 0 Å². The average Bonchev–Trinajstić information content (AvgIpc) is 3.41. The van der Waals surface area contributed by atoms with Gasteiger partial charge in [0.2, 0.25) is 0 Å². The lowest BCUT2D eigenvalue weighted by atomic mass is 9.81. The summed E-state index contributed by atoms with van der Waals surface area (Å²) in [5.74, 6) is 2.32. The summed E-state index contributed by atoms with van der Waals surface area (Å²) in [7, 11) is 10.9. The maximum absolute atomic E-state index is 4.56. The number of hydrazine groups is 2. The van der Waals surface area contributed by atoms with Crippen LogP contribution in [0.3, 0.4) is 0 Å². The van der Waals surface area contributed by atoms with Crippen LogP contribution in [0.4, 0.5) is 0 Å². The minimum atomic E-state index is 0.318. The number of hydrogen-bond donors (Lipinski definition) is 1. The summed E-state index contributed by atoms with van der Waals surface area (Å²) in [5, 5.41) is 4.30. The Bertz CT molecular complexity index is 1330. The van der Waals surface area contributed by atoms with Gasteiger partial charge in [0.1, 0.15) is 0 Å². The molecule has 0 radical (unpaired) electrons. The molecule has 4 aliphatic rings. The highest BCUT2D eigenvalue weighted by molar-refractivity contribution is 5.44. The third kappa shape index (κ3) is 11.0. The lowest BCUT2D eigenvalue weighted by Gasteiger charge is -2.35. The van der Waals surface area contributed by atoms with Gasteiger partial charge < -0.3 is 20.1 Å². The summed E-state index contributed by atoms with van der Waals surface area (Å²) in [5.41, 5.74) is 11.3. The maximum atomic E-state index is 4.56. The van der Waals surface area contributed by atoms with E-state index in [1.807, 2.05) is 0 Å². The highest BCUT2D eigenvalue weighted by Crippen LogP contribution is 2.32. The van der Waals surface area contributed by atoms with Crippen LogP contribution < -0.4 is 5.43 Å². The van der Waals surface area contributed by atoms with Crippen molar-refractivity contribution in [3.63, 3.8) is 0 Å². The minimum absolute atomic E-state index is 0.318. The zero-order valence-corrected chi connectivity index (χ0v) is 31.6. The van der Waals surface area contributed by atoms with Crippen molar-refractivity contribution in [1.29, 1.82) is 0 Å². The lowest BCUT2D eigenvalue weighted by molar-refractivity contribution is 0.0703. The second kappa shape index (κ2) is 18.1. The molecule has 4 rings (SSSR count). The van der Waals surface area contributed by atoms with E-state index in [9.17, 15) is 0 Å². The summed E-state index contributed by atoms with van der Waals surface area (Å²) in [6.45, 7) is 19.1. The molecule has 0 amide bonds. The normalized spacial score (nSPS) is 29.8. The second-order valence-electron chi connectivity index (χ2n) is 15.3. The molecule has 0 spiro atoms. The molecular weight excluding hydrogens is 589 g/mol. The van der Waals surface area contributed by atoms with Crippen molar-refractivity contribution in [3.05, 3.63) is 108 Å². The fraction of sp³-hybridized carbons (Fsp3) is 0.571. The molecular formula is C42H66N6. The largest absolute Gasteiger partial charge is 0.368 e. The Morgan fingerprint density at radius 3 is 2.56 bits per heavy atom. The van der Waals surface area contributed by atoms with Crippen molar-refractivity contribution < 1.29 is 0 Å². The van der Waals surface area contributed by atoms with Crippen LogP contribution in [0, 0.1) is 23.7 Å². The molecule has 264 valence electrons. The van der Waals surface area contributed by atoms with Crippen LogP contribution in [0.15, 0.2) is 108 Å². The van der Waals surface area contributed by atoms with Crippen molar-refractivity contribution in [3.8, 4) is 0 Å². The standard InChI is InChI=1S/C42H66N6/c1-11-37-24-32(2)16-12-13-17-36(26-35(5)34(4)21-20-33(3)25-39(37)28-44(6)7)22-23-45(8)29-40-30-48(47(10)43-40)41-27-38-18-14-15-19-42(38)46(9)31-41/h14-15,18-21,25,27,30-31,35-37,39,42-43H,2,4,11-13,16-17,22-24,26,28-29H2,1,3,5-10H3/b21-20+,33-25+/t35-,36+,37+,39-,42?/m1/s1. The van der Waals surface area contributed by atoms with Crippen molar-refractivity contribution in [2.75, 3.05) is 54.9 Å². The Morgan fingerprint density at radius 1 is 1.02 bits per heavy atom. The number of nitrogens with one attached hydrogen (secondary N) is 1. The molecule has 2 heterocycles. The van der Waals surface area contributed by atoms with Gasteiger partial charge in [-0.25, -0.2) is 0 Å². The summed E-state index contributed by atoms with van der Waals surface area (Å²) in [4.78, 5) is 7.10. The van der Waals surface area contributed by atoms with Gasteiger partial charge in [0.15, 0.2) is 0 Å². The van der Waals surface area contributed by atoms with Crippen LogP contribution in [0.5, 0.6) is 0 Å². The van der Waals surface area contributed by atoms with E-state index in [2.05, 4.69) is 160 Å². The van der Waals surface area contributed by atoms with Gasteiger partial charge in [-0.15, -0.1) is 5.12 Å². The van der Waals surface area contributed by atoms with E-state index in [0.717, 1.165) is 38.2 Å². The van der Waals surface area contributed by atoms with E-state index in [1.165, 1.54) is 66.5 Å². The van der Waals surface area contributed by atoms with Gasteiger partial charge in [0.05, 0.1) is 17.4 Å². The van der Waals surface area contributed by atoms with Crippen molar-refractivity contribution in [2.24, 2.45) is 23.7 Å². The Hall–Kier alpha value is -3.06. The van der Waals surface area contributed by atoms with Crippen LogP contribution >= 0.6 is 0 Å². The van der Waals surface area contributed by atoms with Crippen LogP contribution in [-0.2, 0) is 0 Å². The first-order chi connectivity index (χ1) is 22.9. The quantitative estimate of drug-likeness (QED) is 0.251. The number of hydrogen-bond acceptors (Lipinski definition) is 6. The fourth-order valence-corrected chi connectivity index (χ4v) is 7.76. The smallest absolute Gasteiger partial charge is 0.0754 e. The van der Waals surface area contributed by atoms with E-state index >= 15 is 0 Å². The van der Waals surface area contributed by atoms with E-state index in [-0.39, 0.29) is 0 Å². The summed E-state index contributed by atoms with van der Waals surface area (Å²) in [6.07, 6.45) is 32.3.